The number of hydrogen-bond donors (Lipinski definition) is 1. The average Bonchev–Trinajstić information content (AvgIpc) is 1.78. The molecule has 0 radical (unpaired) electrons. The molecule has 0 fully saturated rings. The van der Waals surface area contributed by atoms with Gasteiger partial charge in [-0.3, -0.25) is 0 Å². The molecule has 0 saturated carbocycles. The van der Waals surface area contributed by atoms with Crippen LogP contribution in [0.5, 0.6) is 0 Å². The summed E-state index contributed by atoms with van der Waals surface area (Å²) in [7, 11) is -0.783. The lowest BCUT2D eigenvalue weighted by Gasteiger charge is -2.15. The minimum atomic E-state index is -0.783. The van der Waals surface area contributed by atoms with Gasteiger partial charge in [0.25, 0.3) is 0 Å². The first kappa shape index (κ1) is 11.5. The monoisotopic (exact) mass is 191 g/mol. The van der Waals surface area contributed by atoms with Crippen molar-refractivity contribution >= 4 is 19.8 Å². The van der Waals surface area contributed by atoms with E-state index in [4.69, 9.17) is 5.73 Å². The Kier molecular flexibility index (Phi) is 5.47. The lowest BCUT2D eigenvalue weighted by atomic mass is 10.6. The Hall–Kier alpha value is 0.527. The number of hydrogen-bond acceptors (Lipinski definition) is 2. The molecule has 68 valence electrons. The number of thioether (sulfide) groups is 1. The third-order valence-electron chi connectivity index (χ3n) is 1.45. The molecule has 0 aromatic carbocycles. The van der Waals surface area contributed by atoms with E-state index in [0.717, 1.165) is 0 Å². The fraction of sp³-hybridized carbons (Fsp3) is 1.00. The van der Waals surface area contributed by atoms with Crippen molar-refractivity contribution < 1.29 is 0 Å². The van der Waals surface area contributed by atoms with Crippen LogP contribution in [0.3, 0.4) is 0 Å². The van der Waals surface area contributed by atoms with Crippen LogP contribution in [0.1, 0.15) is 13.3 Å². The SMILES string of the molecule is CC(N)SCCC[Si](C)(C)C. The molecule has 1 unspecified atom stereocenters. The Morgan fingerprint density at radius 1 is 1.36 bits per heavy atom. The minimum Gasteiger partial charge on any atom is -0.320 e. The highest BCUT2D eigenvalue weighted by Crippen LogP contribution is 2.15. The minimum absolute atomic E-state index is 0.316. The van der Waals surface area contributed by atoms with E-state index in [-0.39, 0.29) is 0 Å². The maximum Gasteiger partial charge on any atom is 0.0478 e. The highest BCUT2D eigenvalue weighted by atomic mass is 32.2. The van der Waals surface area contributed by atoms with Crippen LogP contribution < -0.4 is 5.73 Å². The van der Waals surface area contributed by atoms with Gasteiger partial charge < -0.3 is 5.73 Å². The molecule has 2 N–H and O–H groups in total. The summed E-state index contributed by atoms with van der Waals surface area (Å²) in [6, 6.07) is 1.44. The zero-order chi connectivity index (χ0) is 8.91. The molecule has 0 aromatic heterocycles. The van der Waals surface area contributed by atoms with Crippen molar-refractivity contribution in [1.82, 2.24) is 0 Å². The van der Waals surface area contributed by atoms with Gasteiger partial charge in [-0.25, -0.2) is 0 Å². The lowest BCUT2D eigenvalue weighted by molar-refractivity contribution is 1.01. The van der Waals surface area contributed by atoms with Gasteiger partial charge in [0.1, 0.15) is 0 Å². The van der Waals surface area contributed by atoms with E-state index in [0.29, 0.717) is 5.37 Å². The summed E-state index contributed by atoms with van der Waals surface area (Å²) in [4.78, 5) is 0. The summed E-state index contributed by atoms with van der Waals surface area (Å²) in [6.07, 6.45) is 1.35. The first-order valence-corrected chi connectivity index (χ1v) is 9.04. The van der Waals surface area contributed by atoms with E-state index in [9.17, 15) is 0 Å². The highest BCUT2D eigenvalue weighted by molar-refractivity contribution is 7.99. The van der Waals surface area contributed by atoms with E-state index in [2.05, 4.69) is 26.6 Å². The fourth-order valence-electron chi connectivity index (χ4n) is 0.872. The van der Waals surface area contributed by atoms with Gasteiger partial charge in [-0.15, -0.1) is 11.8 Å². The lowest BCUT2D eigenvalue weighted by Crippen LogP contribution is -2.19. The highest BCUT2D eigenvalue weighted by Gasteiger charge is 2.11. The van der Waals surface area contributed by atoms with Crippen molar-refractivity contribution in [3.05, 3.63) is 0 Å². The second kappa shape index (κ2) is 5.22. The average molecular weight is 191 g/mol. The van der Waals surface area contributed by atoms with Gasteiger partial charge in [0.05, 0.1) is 0 Å². The molecule has 1 nitrogen and oxygen atoms in total. The first-order chi connectivity index (χ1) is 4.92. The van der Waals surface area contributed by atoms with Gasteiger partial charge in [0.2, 0.25) is 0 Å². The van der Waals surface area contributed by atoms with Gasteiger partial charge in [0.15, 0.2) is 0 Å². The molecular weight excluding hydrogens is 170 g/mol. The molecule has 0 aliphatic rings. The fourth-order valence-corrected chi connectivity index (χ4v) is 3.05. The summed E-state index contributed by atoms with van der Waals surface area (Å²) < 4.78 is 0. The maximum atomic E-state index is 5.62. The Balaban J connectivity index is 3.15. The summed E-state index contributed by atoms with van der Waals surface area (Å²) in [6.45, 7) is 9.32. The summed E-state index contributed by atoms with van der Waals surface area (Å²) in [5.41, 5.74) is 5.62. The second-order valence-corrected chi connectivity index (χ2v) is 11.3. The molecule has 11 heavy (non-hydrogen) atoms. The number of nitrogens with two attached hydrogens (primary N) is 1. The molecule has 0 aliphatic carbocycles. The van der Waals surface area contributed by atoms with Gasteiger partial charge in [-0.05, 0) is 19.1 Å². The molecule has 0 spiro atoms. The van der Waals surface area contributed by atoms with Crippen LogP contribution in [0.4, 0.5) is 0 Å². The van der Waals surface area contributed by atoms with Crippen LogP contribution in [0.15, 0.2) is 0 Å². The second-order valence-electron chi connectivity index (χ2n) is 4.24. The topological polar surface area (TPSA) is 26.0 Å². The molecule has 0 aromatic rings. The first-order valence-electron chi connectivity index (χ1n) is 4.29. The molecule has 0 heterocycles. The molecular formula is C8H21NSSi. The van der Waals surface area contributed by atoms with Crippen molar-refractivity contribution in [1.29, 1.82) is 0 Å². The molecule has 3 heteroatoms. The van der Waals surface area contributed by atoms with Crippen LogP contribution in [-0.2, 0) is 0 Å². The Labute approximate surface area is 76.1 Å². The summed E-state index contributed by atoms with van der Waals surface area (Å²) in [5.74, 6) is 1.24. The van der Waals surface area contributed by atoms with E-state index in [1.165, 1.54) is 18.2 Å². The maximum absolute atomic E-state index is 5.62. The van der Waals surface area contributed by atoms with E-state index in [1.54, 1.807) is 0 Å². The zero-order valence-corrected chi connectivity index (χ0v) is 10.0. The van der Waals surface area contributed by atoms with Gasteiger partial charge in [-0.2, -0.15) is 0 Å². The van der Waals surface area contributed by atoms with Crippen LogP contribution in [0, 0.1) is 0 Å². The Bertz CT molecular complexity index is 98.8. The molecule has 0 aliphatic heterocycles. The third kappa shape index (κ3) is 10.5. The van der Waals surface area contributed by atoms with E-state index < -0.39 is 8.07 Å². The number of rotatable bonds is 5. The van der Waals surface area contributed by atoms with E-state index >= 15 is 0 Å². The van der Waals surface area contributed by atoms with Crippen LogP contribution in [0.25, 0.3) is 0 Å². The Morgan fingerprint density at radius 2 is 1.91 bits per heavy atom. The summed E-state index contributed by atoms with van der Waals surface area (Å²) >= 11 is 1.87. The molecule has 0 saturated heterocycles. The van der Waals surface area contributed by atoms with Crippen molar-refractivity contribution in [2.45, 2.75) is 44.4 Å². The normalized spacial score (nSPS) is 15.0. The van der Waals surface area contributed by atoms with E-state index in [1.807, 2.05) is 11.8 Å². The predicted molar refractivity (Wildman–Crippen MR) is 58.9 cm³/mol. The zero-order valence-electron chi connectivity index (χ0n) is 8.18. The molecule has 0 bridgehead atoms. The molecule has 0 rings (SSSR count). The molecule has 1 atom stereocenters. The van der Waals surface area contributed by atoms with Crippen LogP contribution in [0.2, 0.25) is 25.7 Å². The third-order valence-corrected chi connectivity index (χ3v) is 4.36. The smallest absolute Gasteiger partial charge is 0.0478 e. The van der Waals surface area contributed by atoms with Gasteiger partial charge in [0, 0.05) is 13.4 Å². The van der Waals surface area contributed by atoms with Crippen molar-refractivity contribution in [3.63, 3.8) is 0 Å². The molecule has 0 amide bonds. The summed E-state index contributed by atoms with van der Waals surface area (Å²) in [5, 5.41) is 0.316. The van der Waals surface area contributed by atoms with Crippen molar-refractivity contribution in [2.75, 3.05) is 5.75 Å². The van der Waals surface area contributed by atoms with Gasteiger partial charge >= 0.3 is 0 Å². The van der Waals surface area contributed by atoms with Gasteiger partial charge in [-0.1, -0.05) is 25.7 Å². The van der Waals surface area contributed by atoms with Crippen LogP contribution in [-0.4, -0.2) is 19.2 Å². The van der Waals surface area contributed by atoms with Crippen molar-refractivity contribution in [2.24, 2.45) is 5.73 Å². The predicted octanol–water partition coefficient (Wildman–Crippen LogP) is 2.75. The quantitative estimate of drug-likeness (QED) is 0.411. The van der Waals surface area contributed by atoms with Crippen LogP contribution >= 0.6 is 11.8 Å². The largest absolute Gasteiger partial charge is 0.320 e. The van der Waals surface area contributed by atoms with Crippen molar-refractivity contribution in [3.8, 4) is 0 Å². The standard InChI is InChI=1S/C8H21NSSi/c1-8(9)10-6-5-7-11(2,3)4/h8H,5-7,9H2,1-4H3. The Morgan fingerprint density at radius 3 is 2.27 bits per heavy atom.